The normalized spacial score (nSPS) is 23.6. The summed E-state index contributed by atoms with van der Waals surface area (Å²) in [6.07, 6.45) is 6.57. The number of nitrogens with one attached hydrogen (secondary N) is 1. The van der Waals surface area contributed by atoms with E-state index in [2.05, 4.69) is 11.4 Å². The summed E-state index contributed by atoms with van der Waals surface area (Å²) in [6, 6.07) is 9.04. The molecule has 1 aliphatic heterocycles. The van der Waals surface area contributed by atoms with Gasteiger partial charge in [-0.3, -0.25) is 9.59 Å². The van der Waals surface area contributed by atoms with Gasteiger partial charge in [0.2, 0.25) is 11.8 Å². The SMILES string of the molecule is N#Cc1cccc(NC(=O)C2CCC(C(=O)N3CCCCC3)CC2)c1. The van der Waals surface area contributed by atoms with E-state index in [0.717, 1.165) is 51.6 Å². The molecule has 2 aliphatic rings. The second-order valence-corrected chi connectivity index (χ2v) is 7.12. The van der Waals surface area contributed by atoms with Crippen molar-refractivity contribution in [2.45, 2.75) is 44.9 Å². The lowest BCUT2D eigenvalue weighted by Crippen LogP contribution is -2.41. The zero-order valence-corrected chi connectivity index (χ0v) is 14.5. The van der Waals surface area contributed by atoms with Gasteiger partial charge in [0.15, 0.2) is 0 Å². The van der Waals surface area contributed by atoms with Gasteiger partial charge in [-0.15, -0.1) is 0 Å². The maximum atomic E-state index is 12.6. The summed E-state index contributed by atoms with van der Waals surface area (Å²) in [4.78, 5) is 27.1. The number of carbonyl (C=O) groups is 2. The highest BCUT2D eigenvalue weighted by atomic mass is 16.2. The molecule has 1 N–H and O–H groups in total. The number of benzene rings is 1. The van der Waals surface area contributed by atoms with Crippen LogP contribution in [0, 0.1) is 23.2 Å². The third-order valence-corrected chi connectivity index (χ3v) is 5.37. The van der Waals surface area contributed by atoms with Crippen LogP contribution in [-0.2, 0) is 9.59 Å². The number of hydrogen-bond acceptors (Lipinski definition) is 3. The number of amides is 2. The summed E-state index contributed by atoms with van der Waals surface area (Å²) < 4.78 is 0. The Bertz CT molecular complexity index is 666. The average Bonchev–Trinajstić information content (AvgIpc) is 2.68. The molecule has 1 saturated heterocycles. The average molecular weight is 339 g/mol. The monoisotopic (exact) mass is 339 g/mol. The number of rotatable bonds is 3. The van der Waals surface area contributed by atoms with Gasteiger partial charge in [-0.1, -0.05) is 6.07 Å². The highest BCUT2D eigenvalue weighted by molar-refractivity contribution is 5.93. The first kappa shape index (κ1) is 17.5. The van der Waals surface area contributed by atoms with Crippen LogP contribution in [0.15, 0.2) is 24.3 Å². The summed E-state index contributed by atoms with van der Waals surface area (Å²) in [7, 11) is 0. The van der Waals surface area contributed by atoms with Gasteiger partial charge in [0, 0.05) is 30.6 Å². The fraction of sp³-hybridized carbons (Fsp3) is 0.550. The van der Waals surface area contributed by atoms with E-state index in [4.69, 9.17) is 5.26 Å². The number of hydrogen-bond donors (Lipinski definition) is 1. The number of piperidine rings is 1. The van der Waals surface area contributed by atoms with Crippen molar-refractivity contribution < 1.29 is 9.59 Å². The Hall–Kier alpha value is -2.35. The number of nitriles is 1. The van der Waals surface area contributed by atoms with Crippen LogP contribution < -0.4 is 5.32 Å². The standard InChI is InChI=1S/C20H25N3O2/c21-14-15-5-4-6-18(13-15)22-19(24)16-7-9-17(10-8-16)20(25)23-11-2-1-3-12-23/h4-6,13,16-17H,1-3,7-12H2,(H,22,24). The van der Waals surface area contributed by atoms with Crippen LogP contribution in [0.25, 0.3) is 0 Å². The quantitative estimate of drug-likeness (QED) is 0.918. The molecule has 1 aromatic carbocycles. The van der Waals surface area contributed by atoms with Crippen LogP contribution >= 0.6 is 0 Å². The molecule has 0 atom stereocenters. The topological polar surface area (TPSA) is 73.2 Å². The molecule has 3 rings (SSSR count). The lowest BCUT2D eigenvalue weighted by atomic mass is 9.80. The van der Waals surface area contributed by atoms with Crippen LogP contribution in [-0.4, -0.2) is 29.8 Å². The number of carbonyl (C=O) groups excluding carboxylic acids is 2. The van der Waals surface area contributed by atoms with Crippen LogP contribution in [0.2, 0.25) is 0 Å². The van der Waals surface area contributed by atoms with Crippen LogP contribution in [0.3, 0.4) is 0 Å². The molecular weight excluding hydrogens is 314 g/mol. The Morgan fingerprint density at radius 2 is 1.72 bits per heavy atom. The predicted octanol–water partition coefficient (Wildman–Crippen LogP) is 3.32. The Kier molecular flexibility index (Phi) is 5.70. The van der Waals surface area contributed by atoms with E-state index >= 15 is 0 Å². The van der Waals surface area contributed by atoms with E-state index in [-0.39, 0.29) is 17.7 Å². The zero-order chi connectivity index (χ0) is 17.6. The number of nitrogens with zero attached hydrogens (tertiary/aromatic N) is 2. The van der Waals surface area contributed by atoms with Crippen molar-refractivity contribution in [3.63, 3.8) is 0 Å². The molecule has 2 fully saturated rings. The molecule has 25 heavy (non-hydrogen) atoms. The zero-order valence-electron chi connectivity index (χ0n) is 14.5. The maximum absolute atomic E-state index is 12.6. The molecular formula is C20H25N3O2. The molecule has 0 unspecified atom stereocenters. The molecule has 1 heterocycles. The van der Waals surface area contributed by atoms with E-state index in [9.17, 15) is 9.59 Å². The van der Waals surface area contributed by atoms with Crippen LogP contribution in [0.5, 0.6) is 0 Å². The molecule has 1 aromatic rings. The fourth-order valence-electron chi connectivity index (χ4n) is 3.89. The van der Waals surface area contributed by atoms with E-state index in [1.165, 1.54) is 6.42 Å². The highest BCUT2D eigenvalue weighted by Crippen LogP contribution is 2.31. The first-order chi connectivity index (χ1) is 12.2. The van der Waals surface area contributed by atoms with Gasteiger partial charge in [-0.2, -0.15) is 5.26 Å². The Labute approximate surface area is 149 Å². The minimum absolute atomic E-state index is 0.000962. The van der Waals surface area contributed by atoms with E-state index in [1.807, 2.05) is 4.90 Å². The molecule has 0 spiro atoms. The second-order valence-electron chi connectivity index (χ2n) is 7.12. The van der Waals surface area contributed by atoms with Gasteiger partial charge >= 0.3 is 0 Å². The minimum Gasteiger partial charge on any atom is -0.342 e. The van der Waals surface area contributed by atoms with Gasteiger partial charge in [0.25, 0.3) is 0 Å². The van der Waals surface area contributed by atoms with Crippen molar-refractivity contribution in [2.24, 2.45) is 11.8 Å². The smallest absolute Gasteiger partial charge is 0.227 e. The number of likely N-dealkylation sites (tertiary alicyclic amines) is 1. The summed E-state index contributed by atoms with van der Waals surface area (Å²) >= 11 is 0. The van der Waals surface area contributed by atoms with Gasteiger partial charge in [-0.25, -0.2) is 0 Å². The summed E-state index contributed by atoms with van der Waals surface area (Å²) in [5.74, 6) is 0.333. The summed E-state index contributed by atoms with van der Waals surface area (Å²) in [6.45, 7) is 1.79. The largest absolute Gasteiger partial charge is 0.342 e. The molecule has 5 heteroatoms. The predicted molar refractivity (Wildman–Crippen MR) is 95.7 cm³/mol. The van der Waals surface area contributed by atoms with Crippen molar-refractivity contribution >= 4 is 17.5 Å². The van der Waals surface area contributed by atoms with Gasteiger partial charge in [-0.05, 0) is 63.1 Å². The fourth-order valence-corrected chi connectivity index (χ4v) is 3.89. The highest BCUT2D eigenvalue weighted by Gasteiger charge is 2.32. The van der Waals surface area contributed by atoms with Gasteiger partial charge in [0.1, 0.15) is 0 Å². The Morgan fingerprint density at radius 3 is 2.40 bits per heavy atom. The lowest BCUT2D eigenvalue weighted by Gasteiger charge is -2.33. The van der Waals surface area contributed by atoms with Crippen molar-refractivity contribution in [1.29, 1.82) is 5.26 Å². The molecule has 5 nitrogen and oxygen atoms in total. The third kappa shape index (κ3) is 4.39. The molecule has 1 saturated carbocycles. The third-order valence-electron chi connectivity index (χ3n) is 5.37. The first-order valence-electron chi connectivity index (χ1n) is 9.27. The summed E-state index contributed by atoms with van der Waals surface area (Å²) in [5, 5.41) is 11.8. The molecule has 0 aromatic heterocycles. The minimum atomic E-state index is -0.0452. The van der Waals surface area contributed by atoms with E-state index in [0.29, 0.717) is 17.2 Å². The van der Waals surface area contributed by atoms with Crippen LogP contribution in [0.4, 0.5) is 5.69 Å². The summed E-state index contributed by atoms with van der Waals surface area (Å²) in [5.41, 5.74) is 1.20. The molecule has 132 valence electrons. The molecule has 2 amide bonds. The molecule has 0 radical (unpaired) electrons. The molecule has 1 aliphatic carbocycles. The maximum Gasteiger partial charge on any atom is 0.227 e. The van der Waals surface area contributed by atoms with Crippen molar-refractivity contribution in [1.82, 2.24) is 4.90 Å². The van der Waals surface area contributed by atoms with Crippen molar-refractivity contribution in [3.8, 4) is 6.07 Å². The van der Waals surface area contributed by atoms with Crippen molar-refractivity contribution in [3.05, 3.63) is 29.8 Å². The first-order valence-corrected chi connectivity index (χ1v) is 9.27. The Balaban J connectivity index is 1.50. The van der Waals surface area contributed by atoms with E-state index < -0.39 is 0 Å². The number of anilines is 1. The second kappa shape index (κ2) is 8.15. The van der Waals surface area contributed by atoms with Crippen LogP contribution in [0.1, 0.15) is 50.5 Å². The van der Waals surface area contributed by atoms with Crippen molar-refractivity contribution in [2.75, 3.05) is 18.4 Å². The van der Waals surface area contributed by atoms with Gasteiger partial charge < -0.3 is 10.2 Å². The molecule has 0 bridgehead atoms. The van der Waals surface area contributed by atoms with Gasteiger partial charge in [0.05, 0.1) is 11.6 Å². The van der Waals surface area contributed by atoms with E-state index in [1.54, 1.807) is 24.3 Å². The Morgan fingerprint density at radius 1 is 1.04 bits per heavy atom. The lowest BCUT2D eigenvalue weighted by molar-refractivity contribution is -0.138.